The number of aromatic hydroxyl groups is 1. The van der Waals surface area contributed by atoms with E-state index in [1.54, 1.807) is 6.07 Å². The molecule has 0 aromatic heterocycles. The lowest BCUT2D eigenvalue weighted by Crippen LogP contribution is -1.75. The fourth-order valence-corrected chi connectivity index (χ4v) is 0.805. The van der Waals surface area contributed by atoms with E-state index in [4.69, 9.17) is 5.11 Å². The van der Waals surface area contributed by atoms with E-state index in [2.05, 4.69) is 0 Å². The van der Waals surface area contributed by atoms with E-state index in [0.717, 1.165) is 5.56 Å². The fourth-order valence-electron chi connectivity index (χ4n) is 0.805. The monoisotopic (exact) mass is 140 g/mol. The van der Waals surface area contributed by atoms with Crippen LogP contribution in [0.4, 0.5) is 0 Å². The second-order valence-corrected chi connectivity index (χ2v) is 2.29. The van der Waals surface area contributed by atoms with Gasteiger partial charge in [-0.1, -0.05) is 17.7 Å². The van der Waals surface area contributed by atoms with Crippen molar-refractivity contribution in [3.63, 3.8) is 0 Å². The van der Waals surface area contributed by atoms with Gasteiger partial charge in [-0.25, -0.2) is 0 Å². The molecule has 0 spiro atoms. The van der Waals surface area contributed by atoms with Gasteiger partial charge in [0.15, 0.2) is 0 Å². The predicted octanol–water partition coefficient (Wildman–Crippen LogP) is 1.18. The van der Waals surface area contributed by atoms with Crippen molar-refractivity contribution in [3.8, 4) is 5.75 Å². The Balaban J connectivity index is 0.000000810. The molecule has 0 atom stereocenters. The van der Waals surface area contributed by atoms with E-state index in [1.165, 1.54) is 5.56 Å². The van der Waals surface area contributed by atoms with Crippen LogP contribution in [0.3, 0.4) is 0 Å². The summed E-state index contributed by atoms with van der Waals surface area (Å²) in [5.41, 5.74) is 2.13. The summed E-state index contributed by atoms with van der Waals surface area (Å²) < 4.78 is 0. The molecule has 2 nitrogen and oxygen atoms in total. The van der Waals surface area contributed by atoms with Gasteiger partial charge in [-0.05, 0) is 25.5 Å². The Morgan fingerprint density at radius 3 is 2.20 bits per heavy atom. The molecule has 0 aliphatic rings. The van der Waals surface area contributed by atoms with Gasteiger partial charge in [0.1, 0.15) is 5.75 Å². The number of rotatable bonds is 0. The summed E-state index contributed by atoms with van der Waals surface area (Å²) >= 11 is 0. The first-order valence-corrected chi connectivity index (χ1v) is 2.96. The lowest BCUT2D eigenvalue weighted by atomic mass is 10.1. The Kier molecular flexibility index (Phi) is 2.90. The number of phenols is 1. The summed E-state index contributed by atoms with van der Waals surface area (Å²) in [5, 5.41) is 9.04. The highest BCUT2D eigenvalue weighted by atomic mass is 16.3. The molecule has 0 aliphatic carbocycles. The van der Waals surface area contributed by atoms with Crippen LogP contribution in [0.1, 0.15) is 11.1 Å². The molecular weight excluding hydrogens is 128 g/mol. The second kappa shape index (κ2) is 3.22. The maximum absolute atomic E-state index is 9.04. The van der Waals surface area contributed by atoms with Gasteiger partial charge >= 0.3 is 0 Å². The average molecular weight is 140 g/mol. The molecule has 1 aromatic rings. The van der Waals surface area contributed by atoms with Crippen LogP contribution in [0.25, 0.3) is 0 Å². The van der Waals surface area contributed by atoms with Crippen LogP contribution in [-0.4, -0.2) is 10.6 Å². The van der Waals surface area contributed by atoms with E-state index in [9.17, 15) is 0 Å². The van der Waals surface area contributed by atoms with Crippen LogP contribution in [-0.2, 0) is 0 Å². The van der Waals surface area contributed by atoms with Crippen molar-refractivity contribution in [2.24, 2.45) is 0 Å². The highest BCUT2D eigenvalue weighted by Crippen LogP contribution is 2.15. The Labute approximate surface area is 60.4 Å². The van der Waals surface area contributed by atoms with Gasteiger partial charge in [0.25, 0.3) is 0 Å². The first-order chi connectivity index (χ1) is 4.20. The molecule has 0 saturated heterocycles. The van der Waals surface area contributed by atoms with Gasteiger partial charge in [0.05, 0.1) is 0 Å². The minimum absolute atomic E-state index is 0. The largest absolute Gasteiger partial charge is 0.508 e. The van der Waals surface area contributed by atoms with Crippen molar-refractivity contribution in [3.05, 3.63) is 29.3 Å². The minimum atomic E-state index is 0. The third-order valence-corrected chi connectivity index (χ3v) is 1.35. The highest BCUT2D eigenvalue weighted by Gasteiger charge is 1.91. The molecule has 2 heteroatoms. The topological polar surface area (TPSA) is 51.7 Å². The molecule has 0 fully saturated rings. The Morgan fingerprint density at radius 1 is 1.20 bits per heavy atom. The first-order valence-electron chi connectivity index (χ1n) is 2.96. The SMILES string of the molecule is Cc1ccc(O)c(C)c1.O. The van der Waals surface area contributed by atoms with Crippen LogP contribution in [0.15, 0.2) is 18.2 Å². The summed E-state index contributed by atoms with van der Waals surface area (Å²) in [5.74, 6) is 0.376. The van der Waals surface area contributed by atoms with E-state index in [-0.39, 0.29) is 5.48 Å². The summed E-state index contributed by atoms with van der Waals surface area (Å²) in [6.45, 7) is 3.90. The molecule has 1 aromatic carbocycles. The highest BCUT2D eigenvalue weighted by molar-refractivity contribution is 5.34. The van der Waals surface area contributed by atoms with Gasteiger partial charge < -0.3 is 10.6 Å². The molecule has 0 heterocycles. The van der Waals surface area contributed by atoms with Crippen LogP contribution < -0.4 is 0 Å². The number of hydrogen-bond acceptors (Lipinski definition) is 1. The van der Waals surface area contributed by atoms with Crippen molar-refractivity contribution in [1.82, 2.24) is 0 Å². The lowest BCUT2D eigenvalue weighted by Gasteiger charge is -1.97. The van der Waals surface area contributed by atoms with Crippen molar-refractivity contribution in [1.29, 1.82) is 0 Å². The summed E-state index contributed by atoms with van der Waals surface area (Å²) in [4.78, 5) is 0. The van der Waals surface area contributed by atoms with Gasteiger partial charge in [0.2, 0.25) is 0 Å². The van der Waals surface area contributed by atoms with Crippen molar-refractivity contribution < 1.29 is 10.6 Å². The molecule has 0 saturated carbocycles. The molecule has 0 aliphatic heterocycles. The van der Waals surface area contributed by atoms with E-state index < -0.39 is 0 Å². The van der Waals surface area contributed by atoms with Crippen molar-refractivity contribution >= 4 is 0 Å². The van der Waals surface area contributed by atoms with Crippen molar-refractivity contribution in [2.45, 2.75) is 13.8 Å². The second-order valence-electron chi connectivity index (χ2n) is 2.29. The number of hydrogen-bond donors (Lipinski definition) is 1. The quantitative estimate of drug-likeness (QED) is 0.578. The molecule has 10 heavy (non-hydrogen) atoms. The van der Waals surface area contributed by atoms with Gasteiger partial charge in [-0.2, -0.15) is 0 Å². The Bertz CT molecular complexity index is 218. The number of aryl methyl sites for hydroxylation is 2. The number of benzene rings is 1. The average Bonchev–Trinajstić information content (AvgIpc) is 1.80. The van der Waals surface area contributed by atoms with Crippen molar-refractivity contribution in [2.75, 3.05) is 0 Å². The summed E-state index contributed by atoms with van der Waals surface area (Å²) in [7, 11) is 0. The zero-order chi connectivity index (χ0) is 6.85. The molecule has 3 N–H and O–H groups in total. The summed E-state index contributed by atoms with van der Waals surface area (Å²) in [6, 6.07) is 5.56. The van der Waals surface area contributed by atoms with E-state index in [1.807, 2.05) is 26.0 Å². The van der Waals surface area contributed by atoms with Gasteiger partial charge in [-0.3, -0.25) is 0 Å². The number of phenolic OH excluding ortho intramolecular Hbond substituents is 1. The standard InChI is InChI=1S/C8H10O.H2O/c1-6-3-4-8(9)7(2)5-6;/h3-5,9H,1-2H3;1H2. The summed E-state index contributed by atoms with van der Waals surface area (Å²) in [6.07, 6.45) is 0. The molecule has 0 unspecified atom stereocenters. The Hall–Kier alpha value is -1.02. The molecule has 0 amide bonds. The van der Waals surface area contributed by atoms with Crippen LogP contribution >= 0.6 is 0 Å². The fraction of sp³-hybridized carbons (Fsp3) is 0.250. The molecule has 1 rings (SSSR count). The maximum Gasteiger partial charge on any atom is 0.118 e. The molecule has 56 valence electrons. The van der Waals surface area contributed by atoms with Gasteiger partial charge in [-0.15, -0.1) is 0 Å². The van der Waals surface area contributed by atoms with Gasteiger partial charge in [0, 0.05) is 0 Å². The minimum Gasteiger partial charge on any atom is -0.508 e. The van der Waals surface area contributed by atoms with E-state index >= 15 is 0 Å². The molecule has 0 radical (unpaired) electrons. The first kappa shape index (κ1) is 8.98. The molecular formula is C8H12O2. The Morgan fingerprint density at radius 2 is 1.80 bits per heavy atom. The lowest BCUT2D eigenvalue weighted by molar-refractivity contribution is 0.471. The zero-order valence-electron chi connectivity index (χ0n) is 6.18. The smallest absolute Gasteiger partial charge is 0.118 e. The predicted molar refractivity (Wildman–Crippen MR) is 41.2 cm³/mol. The zero-order valence-corrected chi connectivity index (χ0v) is 6.18. The van der Waals surface area contributed by atoms with E-state index in [0.29, 0.717) is 5.75 Å². The van der Waals surface area contributed by atoms with Crippen LogP contribution in [0.2, 0.25) is 0 Å². The maximum atomic E-state index is 9.04. The normalized spacial score (nSPS) is 8.60. The van der Waals surface area contributed by atoms with Crippen LogP contribution in [0, 0.1) is 13.8 Å². The van der Waals surface area contributed by atoms with Crippen LogP contribution in [0.5, 0.6) is 5.75 Å². The third kappa shape index (κ3) is 1.74. The third-order valence-electron chi connectivity index (χ3n) is 1.35. The molecule has 0 bridgehead atoms.